The van der Waals surface area contributed by atoms with Gasteiger partial charge in [-0.15, -0.1) is 0 Å². The summed E-state index contributed by atoms with van der Waals surface area (Å²) in [5, 5.41) is 8.31. The average molecular weight is 209 g/mol. The third-order valence-electron chi connectivity index (χ3n) is 1.40. The highest BCUT2D eigenvalue weighted by molar-refractivity contribution is 5.85. The van der Waals surface area contributed by atoms with Crippen LogP contribution < -0.4 is 0 Å². The first-order valence-corrected chi connectivity index (χ1v) is 3.31. The Morgan fingerprint density at radius 2 is 2.00 bits per heavy atom. The second-order valence-corrected chi connectivity index (χ2v) is 2.31. The Hall–Kier alpha value is -1.66. The molecule has 76 valence electrons. The molecule has 0 fully saturated rings. The number of alkyl halides is 2. The lowest BCUT2D eigenvalue weighted by atomic mass is 10.2. The maximum absolute atomic E-state index is 12.6. The number of rotatable bonds is 2. The van der Waals surface area contributed by atoms with Crippen molar-refractivity contribution in [3.8, 4) is 0 Å². The molecule has 0 aliphatic heterocycles. The first-order valence-electron chi connectivity index (χ1n) is 3.31. The van der Waals surface area contributed by atoms with Crippen LogP contribution in [-0.4, -0.2) is 16.1 Å². The van der Waals surface area contributed by atoms with Gasteiger partial charge in [-0.05, 0) is 6.07 Å². The van der Waals surface area contributed by atoms with Crippen LogP contribution in [0.3, 0.4) is 0 Å². The van der Waals surface area contributed by atoms with Crippen LogP contribution in [0, 0.1) is 11.8 Å². The van der Waals surface area contributed by atoms with Crippen molar-refractivity contribution >= 4 is 5.97 Å². The largest absolute Gasteiger partial charge is 0.477 e. The molecule has 0 aliphatic rings. The Morgan fingerprint density at radius 1 is 1.43 bits per heavy atom. The van der Waals surface area contributed by atoms with Crippen molar-refractivity contribution in [2.75, 3.05) is 0 Å². The van der Waals surface area contributed by atoms with Gasteiger partial charge in [0, 0.05) is 0 Å². The number of nitrogens with zero attached hydrogens (tertiary/aromatic N) is 1. The van der Waals surface area contributed by atoms with Gasteiger partial charge in [0.2, 0.25) is 5.95 Å². The number of hydrogen-bond donors (Lipinski definition) is 1. The molecule has 0 atom stereocenters. The maximum Gasteiger partial charge on any atom is 0.354 e. The first-order chi connectivity index (χ1) is 6.43. The standard InChI is InChI=1S/C7H3F4NO2/c8-4-2(5(9)10)1-3(7(13)14)12-6(4)11/h1,5H,(H,13,14). The third-order valence-corrected chi connectivity index (χ3v) is 1.40. The first kappa shape index (κ1) is 10.4. The van der Waals surface area contributed by atoms with Gasteiger partial charge in [-0.3, -0.25) is 0 Å². The van der Waals surface area contributed by atoms with E-state index in [-0.39, 0.29) is 0 Å². The Balaban J connectivity index is 3.35. The van der Waals surface area contributed by atoms with Crippen molar-refractivity contribution in [1.82, 2.24) is 4.98 Å². The minimum Gasteiger partial charge on any atom is -0.477 e. The lowest BCUT2D eigenvalue weighted by Gasteiger charge is -2.03. The molecule has 0 saturated heterocycles. The van der Waals surface area contributed by atoms with Crippen LogP contribution in [0.15, 0.2) is 6.07 Å². The fourth-order valence-electron chi connectivity index (χ4n) is 0.785. The van der Waals surface area contributed by atoms with Gasteiger partial charge < -0.3 is 5.11 Å². The van der Waals surface area contributed by atoms with Crippen LogP contribution in [0.4, 0.5) is 17.6 Å². The van der Waals surface area contributed by atoms with E-state index in [0.717, 1.165) is 0 Å². The van der Waals surface area contributed by atoms with E-state index in [1.807, 2.05) is 0 Å². The van der Waals surface area contributed by atoms with Crippen molar-refractivity contribution in [3.63, 3.8) is 0 Å². The normalized spacial score (nSPS) is 10.6. The topological polar surface area (TPSA) is 50.2 Å². The maximum atomic E-state index is 12.6. The van der Waals surface area contributed by atoms with E-state index in [0.29, 0.717) is 6.07 Å². The average Bonchev–Trinajstić information content (AvgIpc) is 2.08. The Morgan fingerprint density at radius 3 is 2.43 bits per heavy atom. The minimum atomic E-state index is -3.29. The molecular formula is C7H3F4NO2. The summed E-state index contributed by atoms with van der Waals surface area (Å²) < 4.78 is 49.1. The molecular weight excluding hydrogens is 206 g/mol. The predicted octanol–water partition coefficient (Wildman–Crippen LogP) is 2.00. The number of pyridine rings is 1. The Labute approximate surface area is 75.0 Å². The van der Waals surface area contributed by atoms with Gasteiger partial charge in [0.25, 0.3) is 6.43 Å². The molecule has 0 amide bonds. The summed E-state index contributed by atoms with van der Waals surface area (Å²) in [6.45, 7) is 0. The van der Waals surface area contributed by atoms with E-state index in [1.165, 1.54) is 0 Å². The number of aromatic carboxylic acids is 1. The van der Waals surface area contributed by atoms with E-state index in [4.69, 9.17) is 5.11 Å². The van der Waals surface area contributed by atoms with E-state index in [1.54, 1.807) is 0 Å². The smallest absolute Gasteiger partial charge is 0.354 e. The monoisotopic (exact) mass is 209 g/mol. The summed E-state index contributed by atoms with van der Waals surface area (Å²) in [5.41, 5.74) is -2.27. The molecule has 0 bridgehead atoms. The van der Waals surface area contributed by atoms with Crippen molar-refractivity contribution in [3.05, 3.63) is 29.1 Å². The summed E-state index contributed by atoms with van der Waals surface area (Å²) in [6.07, 6.45) is -3.29. The second kappa shape index (κ2) is 3.60. The molecule has 3 nitrogen and oxygen atoms in total. The minimum absolute atomic E-state index is 0.297. The van der Waals surface area contributed by atoms with Gasteiger partial charge in [-0.25, -0.2) is 22.9 Å². The number of carbonyl (C=O) groups is 1. The SMILES string of the molecule is O=C(O)c1cc(C(F)F)c(F)c(F)n1. The summed E-state index contributed by atoms with van der Waals surface area (Å²) in [7, 11) is 0. The molecule has 0 unspecified atom stereocenters. The third kappa shape index (κ3) is 1.81. The van der Waals surface area contributed by atoms with Gasteiger partial charge in [0.05, 0.1) is 5.56 Å². The zero-order chi connectivity index (χ0) is 10.9. The highest BCUT2D eigenvalue weighted by Crippen LogP contribution is 2.23. The lowest BCUT2D eigenvalue weighted by Crippen LogP contribution is -2.07. The number of halogens is 4. The molecule has 0 aliphatic carbocycles. The van der Waals surface area contributed by atoms with Gasteiger partial charge in [0.1, 0.15) is 0 Å². The highest BCUT2D eigenvalue weighted by Gasteiger charge is 2.21. The molecule has 1 heterocycles. The van der Waals surface area contributed by atoms with Gasteiger partial charge in [0.15, 0.2) is 11.5 Å². The molecule has 1 N–H and O–H groups in total. The van der Waals surface area contributed by atoms with Crippen molar-refractivity contribution in [2.24, 2.45) is 0 Å². The molecule has 14 heavy (non-hydrogen) atoms. The van der Waals surface area contributed by atoms with Crippen LogP contribution in [0.25, 0.3) is 0 Å². The van der Waals surface area contributed by atoms with Crippen molar-refractivity contribution in [1.29, 1.82) is 0 Å². The fourth-order valence-corrected chi connectivity index (χ4v) is 0.785. The predicted molar refractivity (Wildman–Crippen MR) is 36.1 cm³/mol. The molecule has 0 spiro atoms. The Bertz CT molecular complexity index is 380. The summed E-state index contributed by atoms with van der Waals surface area (Å²) in [4.78, 5) is 12.9. The van der Waals surface area contributed by atoms with E-state index in [2.05, 4.69) is 4.98 Å². The van der Waals surface area contributed by atoms with Crippen molar-refractivity contribution < 1.29 is 27.5 Å². The van der Waals surface area contributed by atoms with Crippen LogP contribution in [-0.2, 0) is 0 Å². The molecule has 0 saturated carbocycles. The van der Waals surface area contributed by atoms with E-state index >= 15 is 0 Å². The van der Waals surface area contributed by atoms with Crippen molar-refractivity contribution in [2.45, 2.75) is 6.43 Å². The molecule has 7 heteroatoms. The van der Waals surface area contributed by atoms with Gasteiger partial charge in [-0.1, -0.05) is 0 Å². The Kier molecular flexibility index (Phi) is 2.68. The lowest BCUT2D eigenvalue weighted by molar-refractivity contribution is 0.0687. The quantitative estimate of drug-likeness (QED) is 0.598. The highest BCUT2D eigenvalue weighted by atomic mass is 19.3. The van der Waals surface area contributed by atoms with Crippen LogP contribution >= 0.6 is 0 Å². The molecule has 0 radical (unpaired) electrons. The number of hydrogen-bond acceptors (Lipinski definition) is 2. The molecule has 0 aromatic carbocycles. The molecule has 1 rings (SSSR count). The number of carboxylic acids is 1. The molecule has 1 aromatic rings. The second-order valence-electron chi connectivity index (χ2n) is 2.31. The van der Waals surface area contributed by atoms with E-state index in [9.17, 15) is 22.4 Å². The van der Waals surface area contributed by atoms with Gasteiger partial charge in [-0.2, -0.15) is 4.39 Å². The molecule has 1 aromatic heterocycles. The van der Waals surface area contributed by atoms with E-state index < -0.39 is 35.4 Å². The fraction of sp³-hybridized carbons (Fsp3) is 0.143. The van der Waals surface area contributed by atoms with Crippen LogP contribution in [0.2, 0.25) is 0 Å². The zero-order valence-electron chi connectivity index (χ0n) is 6.47. The number of aromatic nitrogens is 1. The summed E-state index contributed by atoms with van der Waals surface area (Å²) >= 11 is 0. The number of carboxylic acid groups (broad SMARTS) is 1. The van der Waals surface area contributed by atoms with Gasteiger partial charge >= 0.3 is 5.97 Å². The summed E-state index contributed by atoms with van der Waals surface area (Å²) in [5.74, 6) is -5.38. The van der Waals surface area contributed by atoms with Crippen LogP contribution in [0.5, 0.6) is 0 Å². The van der Waals surface area contributed by atoms with Crippen LogP contribution in [0.1, 0.15) is 22.5 Å². The summed E-state index contributed by atoms with van der Waals surface area (Å²) in [6, 6.07) is 0.297. The zero-order valence-corrected chi connectivity index (χ0v) is 6.47.